The van der Waals surface area contributed by atoms with E-state index in [0.717, 1.165) is 11.3 Å². The number of nitrogens with one attached hydrogen (secondary N) is 2. The Hall–Kier alpha value is -1.76. The van der Waals surface area contributed by atoms with E-state index in [0.29, 0.717) is 25.5 Å². The van der Waals surface area contributed by atoms with Gasteiger partial charge in [-0.3, -0.25) is 4.99 Å². The summed E-state index contributed by atoms with van der Waals surface area (Å²) in [7, 11) is -1.22. The van der Waals surface area contributed by atoms with E-state index in [1.807, 2.05) is 31.2 Å². The van der Waals surface area contributed by atoms with Crippen molar-refractivity contribution in [3.8, 4) is 5.75 Å². The van der Waals surface area contributed by atoms with E-state index in [-0.39, 0.29) is 17.5 Å². The van der Waals surface area contributed by atoms with Gasteiger partial charge in [0.1, 0.15) is 12.4 Å². The smallest absolute Gasteiger partial charge is 0.191 e. The number of ether oxygens (including phenoxy) is 1. The van der Waals surface area contributed by atoms with Crippen LogP contribution in [-0.4, -0.2) is 52.1 Å². The van der Waals surface area contributed by atoms with Crippen LogP contribution in [-0.2, 0) is 9.84 Å². The number of hydrogen-bond acceptors (Lipinski definition) is 4. The van der Waals surface area contributed by atoms with Gasteiger partial charge < -0.3 is 15.4 Å². The molecule has 0 saturated carbocycles. The van der Waals surface area contributed by atoms with E-state index in [1.165, 1.54) is 0 Å². The molecule has 122 valence electrons. The molecule has 1 heterocycles. The highest BCUT2D eigenvalue weighted by Gasteiger charge is 2.28. The third-order valence-electron chi connectivity index (χ3n) is 3.45. The molecule has 1 saturated heterocycles. The van der Waals surface area contributed by atoms with Crippen LogP contribution in [0.1, 0.15) is 12.0 Å². The highest BCUT2D eigenvalue weighted by molar-refractivity contribution is 7.91. The minimum Gasteiger partial charge on any atom is -0.492 e. The highest BCUT2D eigenvalue weighted by atomic mass is 32.2. The molecule has 0 amide bonds. The maximum absolute atomic E-state index is 11.4. The second-order valence-electron chi connectivity index (χ2n) is 5.41. The number of aliphatic imine (C=N–C) groups is 1. The van der Waals surface area contributed by atoms with Crippen molar-refractivity contribution in [2.75, 3.05) is 31.7 Å². The first-order valence-electron chi connectivity index (χ1n) is 7.35. The zero-order valence-electron chi connectivity index (χ0n) is 13.0. The van der Waals surface area contributed by atoms with Crippen molar-refractivity contribution in [3.63, 3.8) is 0 Å². The van der Waals surface area contributed by atoms with Gasteiger partial charge in [-0.1, -0.05) is 12.1 Å². The zero-order chi connectivity index (χ0) is 16.0. The van der Waals surface area contributed by atoms with Crippen molar-refractivity contribution < 1.29 is 13.2 Å². The van der Waals surface area contributed by atoms with Gasteiger partial charge in [0.05, 0.1) is 18.1 Å². The molecule has 22 heavy (non-hydrogen) atoms. The fourth-order valence-electron chi connectivity index (χ4n) is 2.34. The summed E-state index contributed by atoms with van der Waals surface area (Å²) in [6.07, 6.45) is 0.628. The summed E-state index contributed by atoms with van der Waals surface area (Å²) in [4.78, 5) is 4.10. The molecular formula is C15H23N3O3S. The number of benzene rings is 1. The molecule has 0 bridgehead atoms. The Balaban J connectivity index is 1.71. The van der Waals surface area contributed by atoms with Crippen molar-refractivity contribution in [3.05, 3.63) is 29.8 Å². The lowest BCUT2D eigenvalue weighted by atomic mass is 10.2. The summed E-state index contributed by atoms with van der Waals surface area (Å²) >= 11 is 0. The summed E-state index contributed by atoms with van der Waals surface area (Å²) in [5, 5.41) is 6.26. The summed E-state index contributed by atoms with van der Waals surface area (Å²) in [5.74, 6) is 1.87. The second-order valence-corrected chi connectivity index (χ2v) is 7.64. The number of hydrogen-bond donors (Lipinski definition) is 2. The van der Waals surface area contributed by atoms with Gasteiger partial charge in [-0.05, 0) is 31.0 Å². The fraction of sp³-hybridized carbons (Fsp3) is 0.533. The van der Waals surface area contributed by atoms with Crippen molar-refractivity contribution in [2.24, 2.45) is 4.99 Å². The van der Waals surface area contributed by atoms with E-state index in [4.69, 9.17) is 4.74 Å². The number of rotatable bonds is 5. The Morgan fingerprint density at radius 3 is 2.91 bits per heavy atom. The highest BCUT2D eigenvalue weighted by Crippen LogP contribution is 2.12. The molecule has 1 fully saturated rings. The molecule has 1 aromatic carbocycles. The van der Waals surface area contributed by atoms with Crippen molar-refractivity contribution in [2.45, 2.75) is 19.4 Å². The van der Waals surface area contributed by atoms with Gasteiger partial charge in [0.25, 0.3) is 0 Å². The monoisotopic (exact) mass is 325 g/mol. The average Bonchev–Trinajstić information content (AvgIpc) is 2.81. The number of nitrogens with zero attached hydrogens (tertiary/aromatic N) is 1. The van der Waals surface area contributed by atoms with Gasteiger partial charge in [0, 0.05) is 13.1 Å². The molecule has 6 nitrogen and oxygen atoms in total. The molecule has 0 radical (unpaired) electrons. The first-order chi connectivity index (χ1) is 10.5. The first kappa shape index (κ1) is 16.6. The topological polar surface area (TPSA) is 79.8 Å². The summed E-state index contributed by atoms with van der Waals surface area (Å²) < 4.78 is 28.5. The molecule has 0 spiro atoms. The zero-order valence-corrected chi connectivity index (χ0v) is 13.8. The average molecular weight is 325 g/mol. The van der Waals surface area contributed by atoms with E-state index in [9.17, 15) is 8.42 Å². The van der Waals surface area contributed by atoms with Gasteiger partial charge in [0.15, 0.2) is 15.8 Å². The van der Waals surface area contributed by atoms with Crippen LogP contribution in [0, 0.1) is 6.92 Å². The number of guanidine groups is 1. The summed E-state index contributed by atoms with van der Waals surface area (Å²) in [6, 6.07) is 7.82. The fourth-order valence-corrected chi connectivity index (χ4v) is 4.01. The number of aryl methyl sites for hydroxylation is 1. The van der Waals surface area contributed by atoms with E-state index >= 15 is 0 Å². The molecule has 2 N–H and O–H groups in total. The lowest BCUT2D eigenvalue weighted by Crippen LogP contribution is -2.45. The second kappa shape index (κ2) is 7.49. The Bertz CT molecular complexity index is 629. The molecule has 0 aliphatic carbocycles. The SMILES string of the molecule is CN=C(NCCOc1cccc(C)c1)NC1CCS(=O)(=O)C1. The van der Waals surface area contributed by atoms with E-state index in [1.54, 1.807) is 7.05 Å². The molecule has 1 aromatic rings. The molecule has 7 heteroatoms. The Labute approximate surface area is 131 Å². The normalized spacial score (nSPS) is 20.6. The molecule has 1 atom stereocenters. The van der Waals surface area contributed by atoms with Crippen molar-refractivity contribution >= 4 is 15.8 Å². The van der Waals surface area contributed by atoms with Crippen LogP contribution in [0.2, 0.25) is 0 Å². The molecule has 1 aliphatic rings. The number of sulfone groups is 1. The predicted molar refractivity (Wildman–Crippen MR) is 88.2 cm³/mol. The van der Waals surface area contributed by atoms with Crippen LogP contribution in [0.4, 0.5) is 0 Å². The molecule has 1 unspecified atom stereocenters. The Morgan fingerprint density at radius 2 is 2.27 bits per heavy atom. The summed E-state index contributed by atoms with van der Waals surface area (Å²) in [5.41, 5.74) is 1.16. The lowest BCUT2D eigenvalue weighted by molar-refractivity contribution is 0.321. The van der Waals surface area contributed by atoms with Crippen LogP contribution in [0.5, 0.6) is 5.75 Å². The van der Waals surface area contributed by atoms with Gasteiger partial charge in [0.2, 0.25) is 0 Å². The summed E-state index contributed by atoms with van der Waals surface area (Å²) in [6.45, 7) is 3.12. The van der Waals surface area contributed by atoms with Gasteiger partial charge >= 0.3 is 0 Å². The van der Waals surface area contributed by atoms with Gasteiger partial charge in [-0.2, -0.15) is 0 Å². The van der Waals surface area contributed by atoms with Crippen LogP contribution >= 0.6 is 0 Å². The predicted octanol–water partition coefficient (Wildman–Crippen LogP) is 0.726. The Kier molecular flexibility index (Phi) is 5.65. The van der Waals surface area contributed by atoms with Crippen LogP contribution < -0.4 is 15.4 Å². The van der Waals surface area contributed by atoms with Gasteiger partial charge in [-0.15, -0.1) is 0 Å². The minimum atomic E-state index is -2.88. The standard InChI is InChI=1S/C15H23N3O3S/c1-12-4-3-5-14(10-12)21-8-7-17-15(16-2)18-13-6-9-22(19,20)11-13/h3-5,10,13H,6-9,11H2,1-2H3,(H2,16,17,18). The first-order valence-corrected chi connectivity index (χ1v) is 9.18. The molecule has 1 aliphatic heterocycles. The molecule has 2 rings (SSSR count). The van der Waals surface area contributed by atoms with E-state index < -0.39 is 9.84 Å². The maximum Gasteiger partial charge on any atom is 0.191 e. The third-order valence-corrected chi connectivity index (χ3v) is 5.22. The Morgan fingerprint density at radius 1 is 1.45 bits per heavy atom. The van der Waals surface area contributed by atoms with Gasteiger partial charge in [-0.25, -0.2) is 8.42 Å². The third kappa shape index (κ3) is 5.22. The molecule has 0 aromatic heterocycles. The van der Waals surface area contributed by atoms with Crippen LogP contribution in [0.25, 0.3) is 0 Å². The van der Waals surface area contributed by atoms with Crippen molar-refractivity contribution in [1.29, 1.82) is 0 Å². The van der Waals surface area contributed by atoms with Crippen LogP contribution in [0.3, 0.4) is 0 Å². The molecular weight excluding hydrogens is 302 g/mol. The minimum absolute atomic E-state index is 0.0612. The van der Waals surface area contributed by atoms with Crippen LogP contribution in [0.15, 0.2) is 29.3 Å². The largest absolute Gasteiger partial charge is 0.492 e. The quantitative estimate of drug-likeness (QED) is 0.474. The van der Waals surface area contributed by atoms with Crippen molar-refractivity contribution in [1.82, 2.24) is 10.6 Å². The van der Waals surface area contributed by atoms with E-state index in [2.05, 4.69) is 15.6 Å². The lowest BCUT2D eigenvalue weighted by Gasteiger charge is -2.16. The maximum atomic E-state index is 11.4.